The van der Waals surface area contributed by atoms with Crippen molar-refractivity contribution in [2.45, 2.75) is 25.9 Å². The van der Waals surface area contributed by atoms with Crippen molar-refractivity contribution in [1.29, 1.82) is 0 Å². The molecule has 0 aliphatic carbocycles. The molecule has 1 heterocycles. The van der Waals surface area contributed by atoms with Gasteiger partial charge in [-0.05, 0) is 30.2 Å². The fraction of sp³-hybridized carbons (Fsp3) is 0.286. The van der Waals surface area contributed by atoms with E-state index < -0.39 is 23.6 Å². The lowest BCUT2D eigenvalue weighted by molar-refractivity contribution is -0.137. The van der Waals surface area contributed by atoms with Gasteiger partial charge in [0.1, 0.15) is 0 Å². The van der Waals surface area contributed by atoms with Crippen LogP contribution in [0.2, 0.25) is 0 Å². The van der Waals surface area contributed by atoms with Crippen LogP contribution < -0.4 is 10.3 Å². The second-order valence-corrected chi connectivity index (χ2v) is 6.74. The number of nitrogens with one attached hydrogen (secondary N) is 1. The molecule has 152 valence electrons. The van der Waals surface area contributed by atoms with Gasteiger partial charge in [0.15, 0.2) is 0 Å². The molecular formula is C21H20F3N3O2. The van der Waals surface area contributed by atoms with Crippen molar-refractivity contribution in [3.63, 3.8) is 0 Å². The summed E-state index contributed by atoms with van der Waals surface area (Å²) in [7, 11) is 0. The molecule has 2 aromatic carbocycles. The Balaban J connectivity index is 1.63. The Morgan fingerprint density at radius 3 is 2.55 bits per heavy atom. The molecule has 2 amide bonds. The summed E-state index contributed by atoms with van der Waals surface area (Å²) in [6, 6.07) is 12.5. The maximum atomic E-state index is 13.0. The molecule has 3 rings (SSSR count). The van der Waals surface area contributed by atoms with E-state index in [1.54, 1.807) is 0 Å². The molecule has 2 aromatic rings. The van der Waals surface area contributed by atoms with Crippen LogP contribution in [-0.4, -0.2) is 24.6 Å². The second kappa shape index (κ2) is 8.46. The van der Waals surface area contributed by atoms with E-state index in [2.05, 4.69) is 10.5 Å². The number of amides is 2. The summed E-state index contributed by atoms with van der Waals surface area (Å²) in [4.78, 5) is 26.1. The quantitative estimate of drug-likeness (QED) is 0.610. The molecule has 1 aliphatic rings. The topological polar surface area (TPSA) is 61.8 Å². The van der Waals surface area contributed by atoms with Crippen LogP contribution in [0.15, 0.2) is 53.6 Å². The fourth-order valence-electron chi connectivity index (χ4n) is 3.17. The van der Waals surface area contributed by atoms with Gasteiger partial charge in [-0.3, -0.25) is 9.59 Å². The van der Waals surface area contributed by atoms with E-state index in [1.165, 1.54) is 23.1 Å². The number of rotatable bonds is 5. The smallest absolute Gasteiger partial charge is 0.312 e. The summed E-state index contributed by atoms with van der Waals surface area (Å²) >= 11 is 0. The van der Waals surface area contributed by atoms with Crippen molar-refractivity contribution >= 4 is 23.7 Å². The first-order chi connectivity index (χ1) is 13.8. The van der Waals surface area contributed by atoms with E-state index in [0.29, 0.717) is 5.69 Å². The first-order valence-electron chi connectivity index (χ1n) is 9.18. The Bertz CT molecular complexity index is 924. The van der Waals surface area contributed by atoms with Gasteiger partial charge in [0.25, 0.3) is 0 Å². The number of hydrogen-bond acceptors (Lipinski definition) is 3. The number of benzene rings is 2. The normalized spacial score (nSPS) is 17.2. The van der Waals surface area contributed by atoms with Crippen molar-refractivity contribution in [2.24, 2.45) is 11.0 Å². The van der Waals surface area contributed by atoms with Gasteiger partial charge in [-0.25, -0.2) is 5.43 Å². The average Bonchev–Trinajstić information content (AvgIpc) is 3.09. The first-order valence-corrected chi connectivity index (χ1v) is 9.18. The molecule has 1 aliphatic heterocycles. The summed E-state index contributed by atoms with van der Waals surface area (Å²) in [5.41, 5.74) is 3.11. The molecule has 0 radical (unpaired) electrons. The van der Waals surface area contributed by atoms with Gasteiger partial charge in [0.2, 0.25) is 11.8 Å². The summed E-state index contributed by atoms with van der Waals surface area (Å²) in [6.45, 7) is 2.23. The fourth-order valence-corrected chi connectivity index (χ4v) is 3.17. The standard InChI is InChI=1S/C21H20F3N3O2/c1-2-14-7-9-17(10-8-14)27-13-16(11-19(27)28)20(29)26-25-12-15-5-3-4-6-18(15)21(22,23)24/h3-10,12,16H,2,11,13H2,1H3,(H,26,29)/b25-12+/t16-/m0/s1. The van der Waals surface area contributed by atoms with Crippen molar-refractivity contribution in [3.8, 4) is 0 Å². The lowest BCUT2D eigenvalue weighted by Gasteiger charge is -2.16. The number of nitrogens with zero attached hydrogens (tertiary/aromatic N) is 2. The van der Waals surface area contributed by atoms with E-state index >= 15 is 0 Å². The largest absolute Gasteiger partial charge is 0.417 e. The number of anilines is 1. The van der Waals surface area contributed by atoms with Crippen LogP contribution in [0.3, 0.4) is 0 Å². The number of halogens is 3. The zero-order valence-electron chi connectivity index (χ0n) is 15.7. The molecule has 1 saturated heterocycles. The van der Waals surface area contributed by atoms with Gasteiger partial charge in [0, 0.05) is 24.2 Å². The number of carbonyl (C=O) groups excluding carboxylic acids is 2. The molecule has 0 aromatic heterocycles. The highest BCUT2D eigenvalue weighted by Gasteiger charge is 2.35. The van der Waals surface area contributed by atoms with Crippen LogP contribution in [0.25, 0.3) is 0 Å². The van der Waals surface area contributed by atoms with E-state index in [9.17, 15) is 22.8 Å². The SMILES string of the molecule is CCc1ccc(N2C[C@@H](C(=O)N/N=C/c3ccccc3C(F)(F)F)CC2=O)cc1. The number of hydrazone groups is 1. The van der Waals surface area contributed by atoms with Crippen molar-refractivity contribution < 1.29 is 22.8 Å². The van der Waals surface area contributed by atoms with Crippen LogP contribution in [0.4, 0.5) is 18.9 Å². The lowest BCUT2D eigenvalue weighted by atomic mass is 10.1. The molecule has 0 unspecified atom stereocenters. The monoisotopic (exact) mass is 403 g/mol. The maximum absolute atomic E-state index is 13.0. The molecule has 29 heavy (non-hydrogen) atoms. The van der Waals surface area contributed by atoms with Gasteiger partial charge in [-0.1, -0.05) is 37.3 Å². The Kier molecular flexibility index (Phi) is 6.00. The molecule has 0 bridgehead atoms. The molecule has 0 saturated carbocycles. The van der Waals surface area contributed by atoms with E-state index in [4.69, 9.17) is 0 Å². The van der Waals surface area contributed by atoms with Crippen molar-refractivity contribution in [2.75, 3.05) is 11.4 Å². The van der Waals surface area contributed by atoms with E-state index in [1.807, 2.05) is 31.2 Å². The Morgan fingerprint density at radius 1 is 1.21 bits per heavy atom. The summed E-state index contributed by atoms with van der Waals surface area (Å²) in [5, 5.41) is 3.65. The highest BCUT2D eigenvalue weighted by atomic mass is 19.4. The van der Waals surface area contributed by atoms with Gasteiger partial charge in [0.05, 0.1) is 17.7 Å². The molecule has 1 N–H and O–H groups in total. The van der Waals surface area contributed by atoms with Crippen LogP contribution in [0.5, 0.6) is 0 Å². The second-order valence-electron chi connectivity index (χ2n) is 6.74. The predicted octanol–water partition coefficient (Wildman–Crippen LogP) is 3.77. The van der Waals surface area contributed by atoms with Gasteiger partial charge in [-0.2, -0.15) is 18.3 Å². The Hall–Kier alpha value is -3.16. The number of hydrogen-bond donors (Lipinski definition) is 1. The van der Waals surface area contributed by atoms with E-state index in [-0.39, 0.29) is 24.4 Å². The molecule has 1 atom stereocenters. The minimum Gasteiger partial charge on any atom is -0.312 e. The van der Waals surface area contributed by atoms with Crippen LogP contribution in [0.1, 0.15) is 30.0 Å². The number of alkyl halides is 3. The summed E-state index contributed by atoms with van der Waals surface area (Å²) in [5.74, 6) is -1.31. The average molecular weight is 403 g/mol. The Labute approximate surface area is 166 Å². The van der Waals surface area contributed by atoms with Crippen molar-refractivity contribution in [1.82, 2.24) is 5.43 Å². The number of aryl methyl sites for hydroxylation is 1. The van der Waals surface area contributed by atoms with Gasteiger partial charge in [-0.15, -0.1) is 0 Å². The zero-order chi connectivity index (χ0) is 21.0. The summed E-state index contributed by atoms with van der Waals surface area (Å²) < 4.78 is 38.9. The predicted molar refractivity (Wildman–Crippen MR) is 103 cm³/mol. The molecule has 5 nitrogen and oxygen atoms in total. The minimum absolute atomic E-state index is 0.0238. The van der Waals surface area contributed by atoms with Crippen LogP contribution in [0, 0.1) is 5.92 Å². The highest BCUT2D eigenvalue weighted by molar-refractivity contribution is 6.00. The molecule has 8 heteroatoms. The van der Waals surface area contributed by atoms with Crippen LogP contribution in [-0.2, 0) is 22.2 Å². The highest BCUT2D eigenvalue weighted by Crippen LogP contribution is 2.31. The Morgan fingerprint density at radius 2 is 1.90 bits per heavy atom. The van der Waals surface area contributed by atoms with Gasteiger partial charge >= 0.3 is 6.18 Å². The van der Waals surface area contributed by atoms with E-state index in [0.717, 1.165) is 24.3 Å². The third-order valence-electron chi connectivity index (χ3n) is 4.80. The minimum atomic E-state index is -4.52. The zero-order valence-corrected chi connectivity index (χ0v) is 15.7. The first kappa shape index (κ1) is 20.6. The summed E-state index contributed by atoms with van der Waals surface area (Å²) in [6.07, 6.45) is -2.65. The van der Waals surface area contributed by atoms with Crippen LogP contribution >= 0.6 is 0 Å². The molecule has 1 fully saturated rings. The lowest BCUT2D eigenvalue weighted by Crippen LogP contribution is -2.30. The van der Waals surface area contributed by atoms with Crippen molar-refractivity contribution in [3.05, 3.63) is 65.2 Å². The molecule has 0 spiro atoms. The number of carbonyl (C=O) groups is 2. The third kappa shape index (κ3) is 4.82. The third-order valence-corrected chi connectivity index (χ3v) is 4.80. The maximum Gasteiger partial charge on any atom is 0.417 e. The van der Waals surface area contributed by atoms with Gasteiger partial charge < -0.3 is 4.90 Å². The molecular weight excluding hydrogens is 383 g/mol.